The second-order valence-corrected chi connectivity index (χ2v) is 11.2. The van der Waals surface area contributed by atoms with E-state index in [1.54, 1.807) is 11.3 Å². The van der Waals surface area contributed by atoms with E-state index in [-0.39, 0.29) is 17.8 Å². The average Bonchev–Trinajstić information content (AvgIpc) is 3.25. The summed E-state index contributed by atoms with van der Waals surface area (Å²) in [6.45, 7) is 5.80. The van der Waals surface area contributed by atoms with E-state index >= 15 is 0 Å². The molecule has 7 nitrogen and oxygen atoms in total. The molecule has 1 unspecified atom stereocenters. The zero-order valence-electron chi connectivity index (χ0n) is 20.3. The van der Waals surface area contributed by atoms with Crippen LogP contribution < -0.4 is 10.1 Å². The summed E-state index contributed by atoms with van der Waals surface area (Å²) in [6, 6.07) is 6.12. The van der Waals surface area contributed by atoms with Crippen molar-refractivity contribution in [2.24, 2.45) is 7.05 Å². The lowest BCUT2D eigenvalue weighted by molar-refractivity contribution is -0.113. The molecule has 2 aromatic heterocycles. The Labute approximate surface area is 218 Å². The Morgan fingerprint density at radius 2 is 2.00 bits per heavy atom. The predicted molar refractivity (Wildman–Crippen MR) is 141 cm³/mol. The van der Waals surface area contributed by atoms with Crippen molar-refractivity contribution in [3.8, 4) is 11.8 Å². The van der Waals surface area contributed by atoms with E-state index in [0.717, 1.165) is 53.1 Å². The van der Waals surface area contributed by atoms with E-state index < -0.39 is 0 Å². The lowest BCUT2D eigenvalue weighted by atomic mass is 10.1. The molecule has 1 aromatic carbocycles. The van der Waals surface area contributed by atoms with Gasteiger partial charge in [-0.25, -0.2) is 0 Å². The highest BCUT2D eigenvalue weighted by molar-refractivity contribution is 7.99. The van der Waals surface area contributed by atoms with Crippen molar-refractivity contribution in [3.05, 3.63) is 50.1 Å². The van der Waals surface area contributed by atoms with Crippen LogP contribution in [0, 0.1) is 25.2 Å². The van der Waals surface area contributed by atoms with Gasteiger partial charge in [0.2, 0.25) is 5.91 Å². The lowest BCUT2D eigenvalue weighted by Crippen LogP contribution is -2.15. The van der Waals surface area contributed by atoms with Gasteiger partial charge in [-0.1, -0.05) is 29.8 Å². The number of aromatic nitrogens is 3. The van der Waals surface area contributed by atoms with Gasteiger partial charge in [0, 0.05) is 16.9 Å². The van der Waals surface area contributed by atoms with Gasteiger partial charge >= 0.3 is 0 Å². The molecule has 0 spiro atoms. The molecule has 1 atom stereocenters. The van der Waals surface area contributed by atoms with E-state index in [1.165, 1.54) is 23.1 Å². The van der Waals surface area contributed by atoms with Crippen molar-refractivity contribution in [2.75, 3.05) is 11.1 Å². The monoisotopic (exact) mass is 529 g/mol. The summed E-state index contributed by atoms with van der Waals surface area (Å²) in [5.41, 5.74) is 3.66. The van der Waals surface area contributed by atoms with Crippen LogP contribution in [0.2, 0.25) is 5.02 Å². The number of fused-ring (bicyclic) bond motifs is 1. The topological polar surface area (TPSA) is 92.8 Å². The molecule has 2 heterocycles. The molecular formula is C25H28ClN5O2S2. The number of hydrogen-bond donors (Lipinski definition) is 1. The van der Waals surface area contributed by atoms with Gasteiger partial charge in [0.1, 0.15) is 16.8 Å². The highest BCUT2D eigenvalue weighted by Crippen LogP contribution is 2.37. The van der Waals surface area contributed by atoms with Crippen molar-refractivity contribution in [1.29, 1.82) is 5.26 Å². The van der Waals surface area contributed by atoms with Gasteiger partial charge in [-0.2, -0.15) is 5.26 Å². The van der Waals surface area contributed by atoms with Crippen LogP contribution in [-0.2, 0) is 24.7 Å². The van der Waals surface area contributed by atoms with Crippen LogP contribution in [0.1, 0.15) is 65.2 Å². The largest absolute Gasteiger partial charge is 0.483 e. The van der Waals surface area contributed by atoms with Crippen molar-refractivity contribution in [1.82, 2.24) is 14.8 Å². The molecule has 0 fully saturated rings. The van der Waals surface area contributed by atoms with Crippen molar-refractivity contribution in [2.45, 2.75) is 64.1 Å². The number of amides is 1. The summed E-state index contributed by atoms with van der Waals surface area (Å²) in [5.74, 6) is 1.39. The summed E-state index contributed by atoms with van der Waals surface area (Å²) in [5, 5.41) is 23.2. The van der Waals surface area contributed by atoms with Gasteiger partial charge in [-0.15, -0.1) is 21.5 Å². The van der Waals surface area contributed by atoms with Crippen LogP contribution in [0.25, 0.3) is 0 Å². The third kappa shape index (κ3) is 5.66. The molecule has 184 valence electrons. The number of nitrogens with one attached hydrogen (secondary N) is 1. The highest BCUT2D eigenvalue weighted by Gasteiger charge is 2.22. The SMILES string of the molecule is Cc1cc(OC(C)c2nnc(SCC(=O)Nc3sc4c(c3C#N)CCCCC4)n2C)cc(C)c1Cl. The van der Waals surface area contributed by atoms with Crippen LogP contribution in [0.4, 0.5) is 5.00 Å². The Hall–Kier alpha value is -2.54. The van der Waals surface area contributed by atoms with E-state index in [4.69, 9.17) is 16.3 Å². The molecule has 0 aliphatic heterocycles. The fraction of sp³-hybridized carbons (Fsp3) is 0.440. The lowest BCUT2D eigenvalue weighted by Gasteiger charge is -2.16. The minimum absolute atomic E-state index is 0.163. The van der Waals surface area contributed by atoms with Crippen LogP contribution in [-0.4, -0.2) is 26.4 Å². The number of carbonyl (C=O) groups is 1. The number of anilines is 1. The first-order chi connectivity index (χ1) is 16.8. The summed E-state index contributed by atoms with van der Waals surface area (Å²) >= 11 is 9.11. The number of ether oxygens (including phenoxy) is 1. The van der Waals surface area contributed by atoms with Crippen LogP contribution >= 0.6 is 34.7 Å². The maximum atomic E-state index is 12.7. The third-order valence-corrected chi connectivity index (χ3v) is 8.90. The van der Waals surface area contributed by atoms with Crippen LogP contribution in [0.5, 0.6) is 5.75 Å². The Morgan fingerprint density at radius 1 is 1.29 bits per heavy atom. The van der Waals surface area contributed by atoms with Crippen LogP contribution in [0.3, 0.4) is 0 Å². The zero-order chi connectivity index (χ0) is 25.1. The van der Waals surface area contributed by atoms with Crippen molar-refractivity contribution < 1.29 is 9.53 Å². The van der Waals surface area contributed by atoms with Gasteiger partial charge in [0.25, 0.3) is 0 Å². The fourth-order valence-corrected chi connectivity index (χ4v) is 6.36. The Bertz CT molecular complexity index is 1270. The highest BCUT2D eigenvalue weighted by atomic mass is 35.5. The van der Waals surface area contributed by atoms with E-state index in [1.807, 2.05) is 44.5 Å². The van der Waals surface area contributed by atoms with Gasteiger partial charge < -0.3 is 14.6 Å². The summed E-state index contributed by atoms with van der Waals surface area (Å²) in [7, 11) is 1.86. The van der Waals surface area contributed by atoms with Gasteiger partial charge in [-0.3, -0.25) is 4.79 Å². The van der Waals surface area contributed by atoms with E-state index in [0.29, 0.717) is 21.5 Å². The Morgan fingerprint density at radius 3 is 2.71 bits per heavy atom. The average molecular weight is 530 g/mol. The molecule has 1 N–H and O–H groups in total. The number of benzene rings is 1. The quantitative estimate of drug-likeness (QED) is 0.291. The molecule has 10 heteroatoms. The number of rotatable bonds is 7. The second-order valence-electron chi connectivity index (χ2n) is 8.75. The number of nitriles is 1. The molecule has 35 heavy (non-hydrogen) atoms. The molecule has 0 saturated carbocycles. The molecule has 1 amide bonds. The third-order valence-electron chi connectivity index (χ3n) is 6.07. The van der Waals surface area contributed by atoms with Gasteiger partial charge in [0.05, 0.1) is 11.3 Å². The molecule has 3 aromatic rings. The van der Waals surface area contributed by atoms with E-state index in [2.05, 4.69) is 21.6 Å². The van der Waals surface area contributed by atoms with E-state index in [9.17, 15) is 10.1 Å². The van der Waals surface area contributed by atoms with Crippen LogP contribution in [0.15, 0.2) is 17.3 Å². The normalized spacial score (nSPS) is 14.1. The Kier molecular flexibility index (Phi) is 8.05. The second kappa shape index (κ2) is 11.0. The molecule has 4 rings (SSSR count). The molecule has 0 saturated heterocycles. The zero-order valence-corrected chi connectivity index (χ0v) is 22.7. The maximum absolute atomic E-state index is 12.7. The fourth-order valence-electron chi connectivity index (χ4n) is 4.28. The standard InChI is InChI=1S/C25H28ClN5O2S2/c1-14-10-17(11-15(2)22(14)26)33-16(3)23-29-30-25(31(23)4)34-13-21(32)28-24-19(12-27)18-8-6-5-7-9-20(18)35-24/h10-11,16H,5-9,13H2,1-4H3,(H,28,32). The number of nitrogens with zero attached hydrogens (tertiary/aromatic N) is 4. The minimum Gasteiger partial charge on any atom is -0.483 e. The molecule has 1 aliphatic carbocycles. The molecule has 0 radical (unpaired) electrons. The molecular weight excluding hydrogens is 502 g/mol. The minimum atomic E-state index is -0.338. The van der Waals surface area contributed by atoms with Crippen molar-refractivity contribution >= 4 is 45.6 Å². The summed E-state index contributed by atoms with van der Waals surface area (Å²) in [6.07, 6.45) is 4.97. The Balaban J connectivity index is 1.39. The first kappa shape index (κ1) is 25.5. The molecule has 0 bridgehead atoms. The number of thioether (sulfide) groups is 1. The predicted octanol–water partition coefficient (Wildman–Crippen LogP) is 6.16. The van der Waals surface area contributed by atoms with Gasteiger partial charge in [-0.05, 0) is 75.3 Å². The summed E-state index contributed by atoms with van der Waals surface area (Å²) in [4.78, 5) is 13.9. The first-order valence-electron chi connectivity index (χ1n) is 11.6. The number of aryl methyl sites for hydroxylation is 3. The smallest absolute Gasteiger partial charge is 0.235 e. The maximum Gasteiger partial charge on any atom is 0.235 e. The number of carbonyl (C=O) groups excluding carboxylic acids is 1. The van der Waals surface area contributed by atoms with Gasteiger partial charge in [0.15, 0.2) is 17.1 Å². The number of halogens is 1. The first-order valence-corrected chi connectivity index (χ1v) is 13.8. The summed E-state index contributed by atoms with van der Waals surface area (Å²) < 4.78 is 7.93. The number of thiophene rings is 1. The van der Waals surface area contributed by atoms with Crippen molar-refractivity contribution in [3.63, 3.8) is 0 Å². The number of hydrogen-bond acceptors (Lipinski definition) is 7. The molecule has 1 aliphatic rings.